The maximum atomic E-state index is 13.3. The molecule has 4 rings (SSSR count). The molecule has 0 spiro atoms. The molecule has 2 amide bonds. The molecule has 3 aromatic rings. The third kappa shape index (κ3) is 5.43. The lowest BCUT2D eigenvalue weighted by Crippen LogP contribution is -2.36. The summed E-state index contributed by atoms with van der Waals surface area (Å²) in [6.07, 6.45) is 1.34. The Hall–Kier alpha value is -4.13. The second kappa shape index (κ2) is 10.7. The van der Waals surface area contributed by atoms with Crippen LogP contribution in [0.25, 0.3) is 11.1 Å². The van der Waals surface area contributed by atoms with Crippen molar-refractivity contribution in [2.75, 3.05) is 24.7 Å². The van der Waals surface area contributed by atoms with Crippen LogP contribution >= 0.6 is 0 Å². The first kappa shape index (κ1) is 23.0. The number of nitrogens with two attached hydrogens (primary N) is 1. The number of likely N-dealkylation sites (tertiary alicyclic amines) is 1. The van der Waals surface area contributed by atoms with E-state index in [1.165, 1.54) is 7.11 Å². The zero-order chi connectivity index (χ0) is 23.9. The van der Waals surface area contributed by atoms with Crippen molar-refractivity contribution in [3.63, 3.8) is 0 Å². The van der Waals surface area contributed by atoms with Gasteiger partial charge in [0.2, 0.25) is 5.91 Å². The maximum Gasteiger partial charge on any atom is 0.254 e. The van der Waals surface area contributed by atoms with E-state index in [4.69, 9.17) is 10.6 Å². The average molecular weight is 457 g/mol. The fraction of sp³-hybridized carbons (Fsp3) is 0.222. The summed E-state index contributed by atoms with van der Waals surface area (Å²) in [4.78, 5) is 32.6. The van der Waals surface area contributed by atoms with Crippen molar-refractivity contribution in [1.82, 2.24) is 4.90 Å². The molecular formula is C27H28N4O3. The molecule has 3 N–H and O–H groups in total. The lowest BCUT2D eigenvalue weighted by molar-refractivity contribution is -0.116. The number of carbonyl (C=O) groups is 2. The smallest absolute Gasteiger partial charge is 0.254 e. The Morgan fingerprint density at radius 1 is 1.00 bits per heavy atom. The summed E-state index contributed by atoms with van der Waals surface area (Å²) in [5.41, 5.74) is 10.6. The number of benzene rings is 3. The summed E-state index contributed by atoms with van der Waals surface area (Å²) >= 11 is 0. The van der Waals surface area contributed by atoms with Gasteiger partial charge < -0.3 is 20.8 Å². The summed E-state index contributed by atoms with van der Waals surface area (Å²) in [7, 11) is 1.49. The SMILES string of the molecule is CO/N=C1\C[C@@H](CCC(=O)Nc2ccccc2N)N(C(=O)c2ccc(-c3ccccc3)cc2)C1. The van der Waals surface area contributed by atoms with Crippen LogP contribution in [0.15, 0.2) is 84.0 Å². The van der Waals surface area contributed by atoms with Crippen molar-refractivity contribution in [1.29, 1.82) is 0 Å². The van der Waals surface area contributed by atoms with Gasteiger partial charge in [-0.15, -0.1) is 0 Å². The number of nitrogen functional groups attached to an aromatic ring is 1. The minimum absolute atomic E-state index is 0.0846. The quantitative estimate of drug-likeness (QED) is 0.402. The zero-order valence-electron chi connectivity index (χ0n) is 19.1. The van der Waals surface area contributed by atoms with Gasteiger partial charge in [-0.2, -0.15) is 0 Å². The van der Waals surface area contributed by atoms with Crippen molar-refractivity contribution in [2.45, 2.75) is 25.3 Å². The number of hydrogen-bond acceptors (Lipinski definition) is 5. The van der Waals surface area contributed by atoms with Crippen LogP contribution < -0.4 is 11.1 Å². The zero-order valence-corrected chi connectivity index (χ0v) is 19.1. The Labute approximate surface area is 199 Å². The molecular weight excluding hydrogens is 428 g/mol. The molecule has 1 heterocycles. The molecule has 0 unspecified atom stereocenters. The number of nitrogens with one attached hydrogen (secondary N) is 1. The molecule has 174 valence electrons. The van der Waals surface area contributed by atoms with E-state index in [1.54, 1.807) is 17.0 Å². The number of nitrogens with zero attached hydrogens (tertiary/aromatic N) is 2. The minimum Gasteiger partial charge on any atom is -0.399 e. The second-order valence-corrected chi connectivity index (χ2v) is 8.25. The van der Waals surface area contributed by atoms with E-state index < -0.39 is 0 Å². The Kier molecular flexibility index (Phi) is 7.22. The van der Waals surface area contributed by atoms with Crippen LogP contribution in [0.4, 0.5) is 11.4 Å². The Balaban J connectivity index is 1.44. The Morgan fingerprint density at radius 3 is 2.38 bits per heavy atom. The highest BCUT2D eigenvalue weighted by Crippen LogP contribution is 2.25. The highest BCUT2D eigenvalue weighted by Gasteiger charge is 2.34. The first-order valence-electron chi connectivity index (χ1n) is 11.2. The topological polar surface area (TPSA) is 97.0 Å². The third-order valence-corrected chi connectivity index (χ3v) is 5.92. The first-order valence-corrected chi connectivity index (χ1v) is 11.2. The number of oxime groups is 1. The van der Waals surface area contributed by atoms with Gasteiger partial charge in [-0.05, 0) is 41.8 Å². The van der Waals surface area contributed by atoms with E-state index in [1.807, 2.05) is 66.7 Å². The number of carbonyl (C=O) groups excluding carboxylic acids is 2. The normalized spacial score (nSPS) is 16.4. The first-order chi connectivity index (χ1) is 16.5. The van der Waals surface area contributed by atoms with Gasteiger partial charge in [0.1, 0.15) is 7.11 Å². The molecule has 1 aliphatic heterocycles. The lowest BCUT2D eigenvalue weighted by atomic mass is 10.0. The van der Waals surface area contributed by atoms with Crippen LogP contribution in [0, 0.1) is 0 Å². The van der Waals surface area contributed by atoms with Gasteiger partial charge >= 0.3 is 0 Å². The van der Waals surface area contributed by atoms with Gasteiger partial charge in [0.05, 0.1) is 23.6 Å². The predicted octanol–water partition coefficient (Wildman–Crippen LogP) is 4.57. The van der Waals surface area contributed by atoms with Gasteiger partial charge in [-0.3, -0.25) is 9.59 Å². The number of rotatable bonds is 7. The van der Waals surface area contributed by atoms with E-state index in [2.05, 4.69) is 10.5 Å². The summed E-state index contributed by atoms with van der Waals surface area (Å²) < 4.78 is 0. The van der Waals surface area contributed by atoms with Crippen molar-refractivity contribution in [3.8, 4) is 11.1 Å². The van der Waals surface area contributed by atoms with Crippen LogP contribution in [0.5, 0.6) is 0 Å². The van der Waals surface area contributed by atoms with Crippen LogP contribution in [0.2, 0.25) is 0 Å². The van der Waals surface area contributed by atoms with Gasteiger partial charge in [0.25, 0.3) is 5.91 Å². The average Bonchev–Trinajstić information content (AvgIpc) is 3.27. The fourth-order valence-electron chi connectivity index (χ4n) is 4.19. The second-order valence-electron chi connectivity index (χ2n) is 8.25. The molecule has 0 aliphatic carbocycles. The number of anilines is 2. The van der Waals surface area contributed by atoms with Crippen molar-refractivity contribution in [2.24, 2.45) is 5.16 Å². The number of amides is 2. The summed E-state index contributed by atoms with van der Waals surface area (Å²) in [6.45, 7) is 0.380. The van der Waals surface area contributed by atoms with Crippen LogP contribution in [0.3, 0.4) is 0 Å². The van der Waals surface area contributed by atoms with Gasteiger partial charge in [0.15, 0.2) is 0 Å². The van der Waals surface area contributed by atoms with Crippen LogP contribution in [-0.4, -0.2) is 42.1 Å². The summed E-state index contributed by atoms with van der Waals surface area (Å²) in [6, 6.07) is 24.6. The van der Waals surface area contributed by atoms with E-state index in [-0.39, 0.29) is 24.3 Å². The number of hydrogen-bond donors (Lipinski definition) is 2. The molecule has 7 heteroatoms. The van der Waals surface area contributed by atoms with E-state index >= 15 is 0 Å². The molecule has 1 aliphatic rings. The van der Waals surface area contributed by atoms with Gasteiger partial charge in [-0.1, -0.05) is 59.8 Å². The molecule has 7 nitrogen and oxygen atoms in total. The number of para-hydroxylation sites is 2. The predicted molar refractivity (Wildman–Crippen MR) is 134 cm³/mol. The molecule has 0 radical (unpaired) electrons. The highest BCUT2D eigenvalue weighted by atomic mass is 16.6. The van der Waals surface area contributed by atoms with E-state index in [0.29, 0.717) is 36.3 Å². The van der Waals surface area contributed by atoms with Crippen molar-refractivity contribution in [3.05, 3.63) is 84.4 Å². The largest absolute Gasteiger partial charge is 0.399 e. The lowest BCUT2D eigenvalue weighted by Gasteiger charge is -2.24. The molecule has 0 saturated carbocycles. The van der Waals surface area contributed by atoms with Crippen molar-refractivity contribution < 1.29 is 14.4 Å². The molecule has 34 heavy (non-hydrogen) atoms. The molecule has 0 bridgehead atoms. The van der Waals surface area contributed by atoms with Gasteiger partial charge in [-0.25, -0.2) is 0 Å². The molecule has 1 atom stereocenters. The van der Waals surface area contributed by atoms with Crippen LogP contribution in [0.1, 0.15) is 29.6 Å². The standard InChI is InChI=1S/C27H28N4O3/c1-34-30-22-17-23(15-16-26(32)29-25-10-6-5-9-24(25)28)31(18-22)27(33)21-13-11-20(12-14-21)19-7-3-2-4-8-19/h2-14,23H,15-18,28H2,1H3,(H,29,32)/b30-22+/t23-/m1/s1. The maximum absolute atomic E-state index is 13.3. The minimum atomic E-state index is -0.144. The monoisotopic (exact) mass is 456 g/mol. The van der Waals surface area contributed by atoms with E-state index in [0.717, 1.165) is 16.8 Å². The van der Waals surface area contributed by atoms with E-state index in [9.17, 15) is 9.59 Å². The molecule has 0 aromatic heterocycles. The van der Waals surface area contributed by atoms with Gasteiger partial charge in [0, 0.05) is 24.4 Å². The third-order valence-electron chi connectivity index (χ3n) is 5.92. The Morgan fingerprint density at radius 2 is 1.68 bits per heavy atom. The molecule has 3 aromatic carbocycles. The molecule has 1 fully saturated rings. The molecule has 1 saturated heterocycles. The highest BCUT2D eigenvalue weighted by molar-refractivity contribution is 6.01. The van der Waals surface area contributed by atoms with Crippen molar-refractivity contribution >= 4 is 28.9 Å². The van der Waals surface area contributed by atoms with Crippen LogP contribution in [-0.2, 0) is 9.63 Å². The Bertz CT molecular complexity index is 1180. The summed E-state index contributed by atoms with van der Waals surface area (Å²) in [5, 5.41) is 6.91. The summed E-state index contributed by atoms with van der Waals surface area (Å²) in [5.74, 6) is -0.228. The fourth-order valence-corrected chi connectivity index (χ4v) is 4.19.